The van der Waals surface area contributed by atoms with E-state index < -0.39 is 29.8 Å². The first-order valence-electron chi connectivity index (χ1n) is 8.54. The predicted octanol–water partition coefficient (Wildman–Crippen LogP) is 2.77. The van der Waals surface area contributed by atoms with E-state index in [0.29, 0.717) is 17.2 Å². The summed E-state index contributed by atoms with van der Waals surface area (Å²) in [6, 6.07) is 6.19. The second kappa shape index (κ2) is 7.97. The highest BCUT2D eigenvalue weighted by Crippen LogP contribution is 2.28. The van der Waals surface area contributed by atoms with Gasteiger partial charge in [0, 0.05) is 18.7 Å². The number of benzene rings is 1. The zero-order chi connectivity index (χ0) is 22.1. The number of nitrogens with zero attached hydrogens (tertiary/aromatic N) is 4. The van der Waals surface area contributed by atoms with E-state index in [0.717, 1.165) is 4.68 Å². The molecule has 0 aliphatic heterocycles. The molecule has 9 nitrogen and oxygen atoms in total. The smallest absolute Gasteiger partial charge is 0.435 e. The summed E-state index contributed by atoms with van der Waals surface area (Å²) in [5, 5.41) is 9.59. The number of rotatable bonds is 5. The lowest BCUT2D eigenvalue weighted by atomic mass is 10.1. The van der Waals surface area contributed by atoms with Gasteiger partial charge in [0.05, 0.1) is 12.7 Å². The van der Waals surface area contributed by atoms with Crippen molar-refractivity contribution in [1.82, 2.24) is 25.2 Å². The van der Waals surface area contributed by atoms with Crippen molar-refractivity contribution in [2.75, 3.05) is 7.11 Å². The molecule has 1 atom stereocenters. The topological polar surface area (TPSA) is 112 Å². The fraction of sp³-hybridized carbons (Fsp3) is 0.278. The van der Waals surface area contributed by atoms with E-state index in [4.69, 9.17) is 4.52 Å². The number of esters is 1. The van der Waals surface area contributed by atoms with Crippen LogP contribution in [0.3, 0.4) is 0 Å². The minimum atomic E-state index is -4.66. The number of ether oxygens (including phenoxy) is 1. The van der Waals surface area contributed by atoms with Gasteiger partial charge in [0.1, 0.15) is 11.7 Å². The Morgan fingerprint density at radius 3 is 2.63 bits per heavy atom. The minimum Gasteiger partial charge on any atom is -0.465 e. The Morgan fingerprint density at radius 2 is 2.00 bits per heavy atom. The number of aryl methyl sites for hydroxylation is 1. The molecular weight excluding hydrogens is 407 g/mol. The van der Waals surface area contributed by atoms with Crippen molar-refractivity contribution in [3.8, 4) is 11.4 Å². The number of hydrogen-bond acceptors (Lipinski definition) is 7. The number of alkyl halides is 3. The molecule has 0 fully saturated rings. The molecule has 0 spiro atoms. The third-order valence-electron chi connectivity index (χ3n) is 4.10. The molecule has 1 aromatic carbocycles. The first kappa shape index (κ1) is 21.0. The molecule has 3 aromatic rings. The van der Waals surface area contributed by atoms with Crippen molar-refractivity contribution in [3.63, 3.8) is 0 Å². The average molecular weight is 423 g/mol. The number of amides is 1. The van der Waals surface area contributed by atoms with Crippen LogP contribution in [0.1, 0.15) is 45.4 Å². The molecule has 12 heteroatoms. The molecular formula is C18H16F3N5O4. The van der Waals surface area contributed by atoms with Crippen LogP contribution in [0.4, 0.5) is 13.2 Å². The molecule has 0 bridgehead atoms. The predicted molar refractivity (Wildman–Crippen MR) is 95.2 cm³/mol. The zero-order valence-electron chi connectivity index (χ0n) is 16.0. The maximum absolute atomic E-state index is 12.8. The van der Waals surface area contributed by atoms with Gasteiger partial charge in [0.15, 0.2) is 5.69 Å². The second-order valence-electron chi connectivity index (χ2n) is 6.26. The monoisotopic (exact) mass is 423 g/mol. The van der Waals surface area contributed by atoms with Crippen LogP contribution in [0, 0.1) is 0 Å². The van der Waals surface area contributed by atoms with Crippen LogP contribution >= 0.6 is 0 Å². The van der Waals surface area contributed by atoms with Gasteiger partial charge >= 0.3 is 12.1 Å². The van der Waals surface area contributed by atoms with Crippen LogP contribution in [0.2, 0.25) is 0 Å². The van der Waals surface area contributed by atoms with Crippen molar-refractivity contribution in [3.05, 3.63) is 53.2 Å². The van der Waals surface area contributed by atoms with Crippen LogP contribution in [0.5, 0.6) is 0 Å². The number of methoxy groups -OCH3 is 1. The molecule has 1 N–H and O–H groups in total. The summed E-state index contributed by atoms with van der Waals surface area (Å²) in [5.41, 5.74) is -0.680. The van der Waals surface area contributed by atoms with Gasteiger partial charge in [0.2, 0.25) is 11.7 Å². The molecule has 0 saturated heterocycles. The van der Waals surface area contributed by atoms with E-state index in [1.807, 2.05) is 0 Å². The Balaban J connectivity index is 1.76. The molecule has 3 rings (SSSR count). The normalized spacial score (nSPS) is 12.5. The van der Waals surface area contributed by atoms with E-state index in [1.165, 1.54) is 27.1 Å². The summed E-state index contributed by atoms with van der Waals surface area (Å²) in [6.07, 6.45) is -4.66. The maximum Gasteiger partial charge on any atom is 0.435 e. The van der Waals surface area contributed by atoms with Gasteiger partial charge in [-0.3, -0.25) is 9.48 Å². The molecule has 0 aliphatic carbocycles. The second-order valence-corrected chi connectivity index (χ2v) is 6.26. The Bertz CT molecular complexity index is 1090. The molecule has 30 heavy (non-hydrogen) atoms. The zero-order valence-corrected chi connectivity index (χ0v) is 16.0. The number of aromatic nitrogens is 4. The summed E-state index contributed by atoms with van der Waals surface area (Å²) < 4.78 is 48.9. The Kier molecular flexibility index (Phi) is 5.58. The lowest BCUT2D eigenvalue weighted by Gasteiger charge is -2.09. The fourth-order valence-electron chi connectivity index (χ4n) is 2.58. The van der Waals surface area contributed by atoms with E-state index in [9.17, 15) is 22.8 Å². The van der Waals surface area contributed by atoms with Crippen molar-refractivity contribution in [2.24, 2.45) is 7.05 Å². The SMILES string of the molecule is COC(=O)c1cccc(-c2noc(C(C)NC(=O)c3cc(C(F)(F)F)nn3C)n2)c1. The Hall–Kier alpha value is -3.70. The molecule has 1 amide bonds. The van der Waals surface area contributed by atoms with E-state index >= 15 is 0 Å². The van der Waals surface area contributed by atoms with Crippen LogP contribution in [0.15, 0.2) is 34.9 Å². The summed E-state index contributed by atoms with van der Waals surface area (Å²) in [7, 11) is 2.49. The van der Waals surface area contributed by atoms with Crippen LogP contribution in [-0.4, -0.2) is 38.9 Å². The van der Waals surface area contributed by atoms with Crippen LogP contribution in [-0.2, 0) is 18.0 Å². The van der Waals surface area contributed by atoms with Gasteiger partial charge in [-0.15, -0.1) is 0 Å². The van der Waals surface area contributed by atoms with Crippen molar-refractivity contribution in [2.45, 2.75) is 19.1 Å². The standard InChI is InChI=1S/C18H16F3N5O4/c1-9(22-15(27)12-8-13(18(19,20)21)24-26(12)2)16-23-14(25-30-16)10-5-4-6-11(7-10)17(28)29-3/h4-9H,1-3H3,(H,22,27). The molecule has 0 saturated carbocycles. The Labute approximate surface area is 167 Å². The maximum atomic E-state index is 12.8. The van der Waals surface area contributed by atoms with E-state index in [-0.39, 0.29) is 17.4 Å². The quantitative estimate of drug-likeness (QED) is 0.628. The molecule has 2 aromatic heterocycles. The number of carbonyl (C=O) groups is 2. The highest BCUT2D eigenvalue weighted by Gasteiger charge is 2.35. The average Bonchev–Trinajstić information content (AvgIpc) is 3.34. The molecule has 0 aliphatic rings. The van der Waals surface area contributed by atoms with Gasteiger partial charge in [-0.25, -0.2) is 4.79 Å². The van der Waals surface area contributed by atoms with Crippen LogP contribution in [0.25, 0.3) is 11.4 Å². The third kappa shape index (κ3) is 4.31. The number of carbonyl (C=O) groups excluding carboxylic acids is 2. The molecule has 158 valence electrons. The van der Waals surface area contributed by atoms with Gasteiger partial charge in [-0.2, -0.15) is 23.3 Å². The third-order valence-corrected chi connectivity index (χ3v) is 4.10. The van der Waals surface area contributed by atoms with Crippen molar-refractivity contribution < 1.29 is 32.0 Å². The number of nitrogens with one attached hydrogen (secondary N) is 1. The summed E-state index contributed by atoms with van der Waals surface area (Å²) in [4.78, 5) is 28.2. The van der Waals surface area contributed by atoms with E-state index in [2.05, 4.69) is 25.3 Å². The molecule has 1 unspecified atom stereocenters. The summed E-state index contributed by atoms with van der Waals surface area (Å²) >= 11 is 0. The van der Waals surface area contributed by atoms with Crippen molar-refractivity contribution in [1.29, 1.82) is 0 Å². The summed E-state index contributed by atoms with van der Waals surface area (Å²) in [6.45, 7) is 1.53. The highest BCUT2D eigenvalue weighted by molar-refractivity contribution is 5.93. The van der Waals surface area contributed by atoms with Gasteiger partial charge in [-0.05, 0) is 19.1 Å². The van der Waals surface area contributed by atoms with Gasteiger partial charge in [-0.1, -0.05) is 17.3 Å². The first-order chi connectivity index (χ1) is 14.1. The number of halogens is 3. The summed E-state index contributed by atoms with van der Waals surface area (Å²) in [5.74, 6) is -1.13. The molecule has 0 radical (unpaired) electrons. The van der Waals surface area contributed by atoms with Gasteiger partial charge in [0.25, 0.3) is 5.91 Å². The van der Waals surface area contributed by atoms with Crippen LogP contribution < -0.4 is 5.32 Å². The lowest BCUT2D eigenvalue weighted by Crippen LogP contribution is -2.28. The molecule has 2 heterocycles. The fourth-order valence-corrected chi connectivity index (χ4v) is 2.58. The van der Waals surface area contributed by atoms with Gasteiger partial charge < -0.3 is 14.6 Å². The minimum absolute atomic E-state index is 0.0278. The van der Waals surface area contributed by atoms with E-state index in [1.54, 1.807) is 18.2 Å². The largest absolute Gasteiger partial charge is 0.465 e. The number of hydrogen-bond donors (Lipinski definition) is 1. The lowest BCUT2D eigenvalue weighted by molar-refractivity contribution is -0.141. The van der Waals surface area contributed by atoms with Crippen molar-refractivity contribution >= 4 is 11.9 Å². The highest BCUT2D eigenvalue weighted by atomic mass is 19.4. The first-order valence-corrected chi connectivity index (χ1v) is 8.54. The Morgan fingerprint density at radius 1 is 1.27 bits per heavy atom.